The van der Waals surface area contributed by atoms with Gasteiger partial charge in [0.1, 0.15) is 5.82 Å². The minimum absolute atomic E-state index is 0.186. The van der Waals surface area contributed by atoms with Crippen LogP contribution in [0.25, 0.3) is 0 Å². The first kappa shape index (κ1) is 15.5. The van der Waals surface area contributed by atoms with Gasteiger partial charge in [0.15, 0.2) is 0 Å². The Kier molecular flexibility index (Phi) is 4.97. The van der Waals surface area contributed by atoms with Gasteiger partial charge in [-0.2, -0.15) is 0 Å². The number of anilines is 1. The Labute approximate surface area is 126 Å². The SMILES string of the molecule is Cc1cc(N(C)CCc2ccccc2)c([C@@H](C)N)cc1F. The van der Waals surface area contributed by atoms with Crippen LogP contribution >= 0.6 is 0 Å². The third kappa shape index (κ3) is 3.82. The molecule has 0 radical (unpaired) electrons. The molecule has 0 aliphatic heterocycles. The third-order valence-corrected chi connectivity index (χ3v) is 3.79. The van der Waals surface area contributed by atoms with Gasteiger partial charge in [-0.1, -0.05) is 30.3 Å². The van der Waals surface area contributed by atoms with E-state index in [1.54, 1.807) is 13.0 Å². The van der Waals surface area contributed by atoms with Crippen molar-refractivity contribution >= 4 is 5.69 Å². The van der Waals surface area contributed by atoms with Gasteiger partial charge >= 0.3 is 0 Å². The average molecular weight is 286 g/mol. The van der Waals surface area contributed by atoms with Gasteiger partial charge in [-0.25, -0.2) is 4.39 Å². The summed E-state index contributed by atoms with van der Waals surface area (Å²) in [5.41, 5.74) is 9.80. The summed E-state index contributed by atoms with van der Waals surface area (Å²) in [7, 11) is 2.03. The number of halogens is 1. The standard InChI is InChI=1S/C18H23FN2/c1-13-11-18(16(14(2)20)12-17(13)19)21(3)10-9-15-7-5-4-6-8-15/h4-8,11-12,14H,9-10,20H2,1-3H3/t14-/m1/s1. The highest BCUT2D eigenvalue weighted by molar-refractivity contribution is 5.56. The van der Waals surface area contributed by atoms with Gasteiger partial charge < -0.3 is 10.6 Å². The molecule has 2 aromatic rings. The summed E-state index contributed by atoms with van der Waals surface area (Å²) in [4.78, 5) is 2.15. The zero-order chi connectivity index (χ0) is 15.4. The summed E-state index contributed by atoms with van der Waals surface area (Å²) in [6, 6.07) is 13.6. The molecule has 3 heteroatoms. The zero-order valence-corrected chi connectivity index (χ0v) is 12.9. The Bertz CT molecular complexity index is 594. The molecule has 0 unspecified atom stereocenters. The van der Waals surface area contributed by atoms with Crippen LogP contribution in [0.4, 0.5) is 10.1 Å². The van der Waals surface area contributed by atoms with Crippen LogP contribution in [0.3, 0.4) is 0 Å². The summed E-state index contributed by atoms with van der Waals surface area (Å²) >= 11 is 0. The molecular formula is C18H23FN2. The molecule has 0 spiro atoms. The van der Waals surface area contributed by atoms with E-state index < -0.39 is 0 Å². The van der Waals surface area contributed by atoms with E-state index in [1.807, 2.05) is 38.2 Å². The molecule has 2 nitrogen and oxygen atoms in total. The van der Waals surface area contributed by atoms with Crippen molar-refractivity contribution < 1.29 is 4.39 Å². The quantitative estimate of drug-likeness (QED) is 0.905. The molecule has 0 bridgehead atoms. The topological polar surface area (TPSA) is 29.3 Å². The van der Waals surface area contributed by atoms with Crippen LogP contribution < -0.4 is 10.6 Å². The largest absolute Gasteiger partial charge is 0.374 e. The number of aryl methyl sites for hydroxylation is 1. The summed E-state index contributed by atoms with van der Waals surface area (Å²) in [6.45, 7) is 4.54. The van der Waals surface area contributed by atoms with E-state index in [4.69, 9.17) is 5.73 Å². The summed E-state index contributed by atoms with van der Waals surface area (Å²) < 4.78 is 13.8. The van der Waals surface area contributed by atoms with Gasteiger partial charge in [0.25, 0.3) is 0 Å². The van der Waals surface area contributed by atoms with Crippen molar-refractivity contribution in [1.29, 1.82) is 0 Å². The lowest BCUT2D eigenvalue weighted by Crippen LogP contribution is -2.23. The Balaban J connectivity index is 2.18. The normalized spacial score (nSPS) is 12.2. The molecule has 0 amide bonds. The van der Waals surface area contributed by atoms with Gasteiger partial charge in [0.05, 0.1) is 0 Å². The van der Waals surface area contributed by atoms with Crippen LogP contribution in [0.15, 0.2) is 42.5 Å². The molecule has 0 aliphatic carbocycles. The number of hydrogen-bond acceptors (Lipinski definition) is 2. The number of nitrogens with zero attached hydrogens (tertiary/aromatic N) is 1. The molecule has 112 valence electrons. The van der Waals surface area contributed by atoms with Crippen molar-refractivity contribution in [3.8, 4) is 0 Å². The van der Waals surface area contributed by atoms with E-state index in [9.17, 15) is 4.39 Å². The smallest absolute Gasteiger partial charge is 0.126 e. The lowest BCUT2D eigenvalue weighted by Gasteiger charge is -2.25. The first-order chi connectivity index (χ1) is 9.99. The second-order valence-corrected chi connectivity index (χ2v) is 5.61. The van der Waals surface area contributed by atoms with Gasteiger partial charge in [-0.15, -0.1) is 0 Å². The third-order valence-electron chi connectivity index (χ3n) is 3.79. The number of benzene rings is 2. The van der Waals surface area contributed by atoms with Crippen LogP contribution in [0, 0.1) is 12.7 Å². The average Bonchev–Trinajstić information content (AvgIpc) is 2.48. The van der Waals surface area contributed by atoms with E-state index in [-0.39, 0.29) is 11.9 Å². The first-order valence-electron chi connectivity index (χ1n) is 7.29. The highest BCUT2D eigenvalue weighted by atomic mass is 19.1. The van der Waals surface area contributed by atoms with Gasteiger partial charge in [0, 0.05) is 25.3 Å². The van der Waals surface area contributed by atoms with E-state index in [2.05, 4.69) is 17.0 Å². The van der Waals surface area contributed by atoms with Crippen molar-refractivity contribution in [3.63, 3.8) is 0 Å². The van der Waals surface area contributed by atoms with Crippen LogP contribution in [0.1, 0.15) is 29.7 Å². The predicted molar refractivity (Wildman–Crippen MR) is 87.2 cm³/mol. The maximum Gasteiger partial charge on any atom is 0.126 e. The fourth-order valence-electron chi connectivity index (χ4n) is 2.44. The minimum atomic E-state index is -0.192. The van der Waals surface area contributed by atoms with Crippen molar-refractivity contribution in [2.45, 2.75) is 26.3 Å². The van der Waals surface area contributed by atoms with Crippen molar-refractivity contribution in [3.05, 3.63) is 65.0 Å². The molecule has 2 N–H and O–H groups in total. The molecule has 0 fully saturated rings. The van der Waals surface area contributed by atoms with E-state index in [1.165, 1.54) is 5.56 Å². The predicted octanol–water partition coefficient (Wildman–Crippen LogP) is 3.83. The Morgan fingerprint density at radius 3 is 2.48 bits per heavy atom. The summed E-state index contributed by atoms with van der Waals surface area (Å²) in [5.74, 6) is -0.192. The second-order valence-electron chi connectivity index (χ2n) is 5.61. The maximum atomic E-state index is 13.8. The van der Waals surface area contributed by atoms with Crippen LogP contribution in [0.2, 0.25) is 0 Å². The molecular weight excluding hydrogens is 263 g/mol. The fourth-order valence-corrected chi connectivity index (χ4v) is 2.44. The monoisotopic (exact) mass is 286 g/mol. The van der Waals surface area contributed by atoms with Crippen LogP contribution in [-0.2, 0) is 6.42 Å². The lowest BCUT2D eigenvalue weighted by atomic mass is 10.0. The molecule has 1 atom stereocenters. The van der Waals surface area contributed by atoms with Crippen LogP contribution in [0.5, 0.6) is 0 Å². The Morgan fingerprint density at radius 1 is 1.19 bits per heavy atom. The van der Waals surface area contributed by atoms with E-state index in [0.717, 1.165) is 24.2 Å². The molecule has 2 rings (SSSR count). The lowest BCUT2D eigenvalue weighted by molar-refractivity contribution is 0.612. The summed E-state index contributed by atoms with van der Waals surface area (Å²) in [6.07, 6.45) is 0.951. The first-order valence-corrected chi connectivity index (χ1v) is 7.29. The van der Waals surface area contributed by atoms with E-state index in [0.29, 0.717) is 5.56 Å². The molecule has 0 saturated heterocycles. The Morgan fingerprint density at radius 2 is 1.86 bits per heavy atom. The molecule has 0 aliphatic rings. The highest BCUT2D eigenvalue weighted by Gasteiger charge is 2.14. The van der Waals surface area contributed by atoms with Crippen LogP contribution in [-0.4, -0.2) is 13.6 Å². The number of likely N-dealkylation sites (N-methyl/N-ethyl adjacent to an activating group) is 1. The second kappa shape index (κ2) is 6.72. The number of nitrogens with two attached hydrogens (primary N) is 1. The van der Waals surface area contributed by atoms with Crippen molar-refractivity contribution in [2.75, 3.05) is 18.5 Å². The molecule has 0 heterocycles. The minimum Gasteiger partial charge on any atom is -0.374 e. The molecule has 2 aromatic carbocycles. The molecule has 0 saturated carbocycles. The summed E-state index contributed by atoms with van der Waals surface area (Å²) in [5, 5.41) is 0. The Hall–Kier alpha value is -1.87. The number of rotatable bonds is 5. The fraction of sp³-hybridized carbons (Fsp3) is 0.333. The van der Waals surface area contributed by atoms with Crippen molar-refractivity contribution in [2.24, 2.45) is 5.73 Å². The molecule has 0 aromatic heterocycles. The number of hydrogen-bond donors (Lipinski definition) is 1. The van der Waals surface area contributed by atoms with Gasteiger partial charge in [-0.05, 0) is 49.1 Å². The molecule has 21 heavy (non-hydrogen) atoms. The highest BCUT2D eigenvalue weighted by Crippen LogP contribution is 2.27. The maximum absolute atomic E-state index is 13.8. The van der Waals surface area contributed by atoms with E-state index >= 15 is 0 Å². The van der Waals surface area contributed by atoms with Gasteiger partial charge in [0.2, 0.25) is 0 Å². The zero-order valence-electron chi connectivity index (χ0n) is 12.9. The van der Waals surface area contributed by atoms with Crippen molar-refractivity contribution in [1.82, 2.24) is 0 Å². The van der Waals surface area contributed by atoms with Gasteiger partial charge in [-0.3, -0.25) is 0 Å².